The molecule has 0 spiro atoms. The van der Waals surface area contributed by atoms with Crippen LogP contribution in [0, 0.1) is 5.92 Å². The number of piperidine rings is 1. The van der Waals surface area contributed by atoms with Crippen LogP contribution in [0.2, 0.25) is 5.02 Å². The Balaban J connectivity index is 1.61. The molecule has 1 aliphatic heterocycles. The maximum atomic E-state index is 6.63. The van der Waals surface area contributed by atoms with Gasteiger partial charge in [-0.05, 0) is 37.8 Å². The summed E-state index contributed by atoms with van der Waals surface area (Å²) in [5.41, 5.74) is 9.33. The first-order valence-electron chi connectivity index (χ1n) is 9.90. The number of methoxy groups -OCH3 is 2. The van der Waals surface area contributed by atoms with Gasteiger partial charge in [0.1, 0.15) is 0 Å². The number of rotatable bonds is 5. The molecule has 1 aromatic heterocycles. The minimum Gasteiger partial charge on any atom is -0.370 e. The molecule has 148 valence electrons. The Bertz CT molecular complexity index is 791. The van der Waals surface area contributed by atoms with Gasteiger partial charge < -0.3 is 24.7 Å². The standard InChI is InChI=1S/C20H29ClN4O2/c1-26-19(27-2)13-7-9-24(10-8-13)17-12-18-16(11-15(17)21)23-20(22)25(18)14-5-3-4-6-14/h11-14,19H,3-10H2,1-2H3,(H2,22,23). The van der Waals surface area contributed by atoms with Crippen molar-refractivity contribution in [3.05, 3.63) is 17.2 Å². The van der Waals surface area contributed by atoms with Crippen LogP contribution in [0.15, 0.2) is 12.1 Å². The second kappa shape index (κ2) is 7.86. The molecule has 4 rings (SSSR count). The van der Waals surface area contributed by atoms with Crippen molar-refractivity contribution in [2.45, 2.75) is 50.9 Å². The number of anilines is 2. The molecule has 0 radical (unpaired) electrons. The van der Waals surface area contributed by atoms with Gasteiger partial charge in [-0.1, -0.05) is 24.4 Å². The van der Waals surface area contributed by atoms with E-state index in [1.54, 1.807) is 14.2 Å². The number of hydrogen-bond donors (Lipinski definition) is 1. The average molecular weight is 393 g/mol. The fourth-order valence-electron chi connectivity index (χ4n) is 4.81. The SMILES string of the molecule is COC(OC)C1CCN(c2cc3c(cc2Cl)nc(N)n3C2CCCC2)CC1. The van der Waals surface area contributed by atoms with E-state index < -0.39 is 0 Å². The van der Waals surface area contributed by atoms with Crippen molar-refractivity contribution in [3.8, 4) is 0 Å². The molecule has 1 saturated heterocycles. The number of halogens is 1. The van der Waals surface area contributed by atoms with Gasteiger partial charge in [0.2, 0.25) is 5.95 Å². The fourth-order valence-corrected chi connectivity index (χ4v) is 5.08. The van der Waals surface area contributed by atoms with Crippen molar-refractivity contribution in [1.29, 1.82) is 0 Å². The molecule has 2 fully saturated rings. The number of hydrogen-bond acceptors (Lipinski definition) is 5. The van der Waals surface area contributed by atoms with Crippen molar-refractivity contribution < 1.29 is 9.47 Å². The Morgan fingerprint density at radius 3 is 2.41 bits per heavy atom. The molecule has 2 heterocycles. The first-order valence-corrected chi connectivity index (χ1v) is 10.3. The number of nitrogens with two attached hydrogens (primary N) is 1. The van der Waals surface area contributed by atoms with Crippen molar-refractivity contribution in [2.75, 3.05) is 37.9 Å². The number of nitrogens with zero attached hydrogens (tertiary/aromatic N) is 3. The normalized spacial score (nSPS) is 19.6. The number of benzene rings is 1. The summed E-state index contributed by atoms with van der Waals surface area (Å²) in [6.45, 7) is 1.87. The Kier molecular flexibility index (Phi) is 5.48. The molecule has 7 heteroatoms. The summed E-state index contributed by atoms with van der Waals surface area (Å²) in [6, 6.07) is 4.61. The zero-order chi connectivity index (χ0) is 19.0. The Hall–Kier alpha value is -1.50. The van der Waals surface area contributed by atoms with E-state index in [-0.39, 0.29) is 6.29 Å². The van der Waals surface area contributed by atoms with E-state index in [1.165, 1.54) is 25.7 Å². The highest BCUT2D eigenvalue weighted by molar-refractivity contribution is 6.34. The van der Waals surface area contributed by atoms with Gasteiger partial charge in [-0.25, -0.2) is 4.98 Å². The molecular weight excluding hydrogens is 364 g/mol. The summed E-state index contributed by atoms with van der Waals surface area (Å²) in [5, 5.41) is 0.743. The summed E-state index contributed by atoms with van der Waals surface area (Å²) < 4.78 is 13.1. The quantitative estimate of drug-likeness (QED) is 0.771. The second-order valence-electron chi connectivity index (χ2n) is 7.73. The largest absolute Gasteiger partial charge is 0.370 e. The van der Waals surface area contributed by atoms with Crippen LogP contribution in [0.1, 0.15) is 44.6 Å². The Labute approximate surface area is 165 Å². The third kappa shape index (κ3) is 3.50. The van der Waals surface area contributed by atoms with E-state index in [2.05, 4.69) is 20.5 Å². The van der Waals surface area contributed by atoms with Crippen LogP contribution in [0.25, 0.3) is 11.0 Å². The summed E-state index contributed by atoms with van der Waals surface area (Å²) >= 11 is 6.63. The summed E-state index contributed by atoms with van der Waals surface area (Å²) in [5.74, 6) is 1.02. The van der Waals surface area contributed by atoms with Gasteiger partial charge in [-0.3, -0.25) is 0 Å². The third-order valence-corrected chi connectivity index (χ3v) is 6.51. The van der Waals surface area contributed by atoms with Gasteiger partial charge in [0, 0.05) is 39.3 Å². The van der Waals surface area contributed by atoms with Crippen molar-refractivity contribution in [2.24, 2.45) is 5.92 Å². The van der Waals surface area contributed by atoms with Crippen LogP contribution >= 0.6 is 11.6 Å². The molecule has 27 heavy (non-hydrogen) atoms. The average Bonchev–Trinajstić information content (AvgIpc) is 3.29. The number of nitrogen functional groups attached to an aromatic ring is 1. The van der Waals surface area contributed by atoms with Crippen LogP contribution in [-0.4, -0.2) is 43.2 Å². The van der Waals surface area contributed by atoms with E-state index in [0.29, 0.717) is 17.9 Å². The van der Waals surface area contributed by atoms with Crippen molar-refractivity contribution >= 4 is 34.3 Å². The molecule has 2 aliphatic rings. The van der Waals surface area contributed by atoms with E-state index in [1.807, 2.05) is 6.07 Å². The lowest BCUT2D eigenvalue weighted by atomic mass is 9.95. The zero-order valence-corrected chi connectivity index (χ0v) is 16.9. The fraction of sp³-hybridized carbons (Fsp3) is 0.650. The van der Waals surface area contributed by atoms with Gasteiger partial charge in [0.05, 0.1) is 21.7 Å². The van der Waals surface area contributed by atoms with Crippen molar-refractivity contribution in [1.82, 2.24) is 9.55 Å². The smallest absolute Gasteiger partial charge is 0.201 e. The van der Waals surface area contributed by atoms with Gasteiger partial charge >= 0.3 is 0 Å². The van der Waals surface area contributed by atoms with E-state index in [9.17, 15) is 0 Å². The number of ether oxygens (including phenoxy) is 2. The van der Waals surface area contributed by atoms with Crippen LogP contribution in [-0.2, 0) is 9.47 Å². The minimum absolute atomic E-state index is 0.131. The highest BCUT2D eigenvalue weighted by atomic mass is 35.5. The van der Waals surface area contributed by atoms with E-state index in [0.717, 1.165) is 47.7 Å². The topological polar surface area (TPSA) is 65.5 Å². The molecule has 2 aromatic rings. The lowest BCUT2D eigenvalue weighted by molar-refractivity contribution is -0.141. The number of imidazole rings is 1. The lowest BCUT2D eigenvalue weighted by Gasteiger charge is -2.36. The molecular formula is C20H29ClN4O2. The lowest BCUT2D eigenvalue weighted by Crippen LogP contribution is -2.39. The highest BCUT2D eigenvalue weighted by Crippen LogP contribution is 2.39. The maximum absolute atomic E-state index is 6.63. The molecule has 1 aromatic carbocycles. The molecule has 6 nitrogen and oxygen atoms in total. The number of fused-ring (bicyclic) bond motifs is 1. The summed E-state index contributed by atoms with van der Waals surface area (Å²) in [7, 11) is 3.42. The van der Waals surface area contributed by atoms with Gasteiger partial charge in [-0.15, -0.1) is 0 Å². The molecule has 0 amide bonds. The monoisotopic (exact) mass is 392 g/mol. The van der Waals surface area contributed by atoms with Crippen molar-refractivity contribution in [3.63, 3.8) is 0 Å². The van der Waals surface area contributed by atoms with Crippen LogP contribution in [0.4, 0.5) is 11.6 Å². The first kappa shape index (κ1) is 18.8. The summed E-state index contributed by atoms with van der Waals surface area (Å²) in [4.78, 5) is 6.93. The molecule has 1 aliphatic carbocycles. The Morgan fingerprint density at radius 2 is 1.78 bits per heavy atom. The van der Waals surface area contributed by atoms with Crippen LogP contribution < -0.4 is 10.6 Å². The summed E-state index contributed by atoms with van der Waals surface area (Å²) in [6.07, 6.45) is 6.78. The van der Waals surface area contributed by atoms with Crippen LogP contribution in [0.3, 0.4) is 0 Å². The molecule has 1 saturated carbocycles. The second-order valence-corrected chi connectivity index (χ2v) is 8.14. The van der Waals surface area contributed by atoms with Crippen LogP contribution in [0.5, 0.6) is 0 Å². The first-order chi connectivity index (χ1) is 13.1. The third-order valence-electron chi connectivity index (χ3n) is 6.21. The van der Waals surface area contributed by atoms with Gasteiger partial charge in [-0.2, -0.15) is 0 Å². The molecule has 0 atom stereocenters. The molecule has 2 N–H and O–H groups in total. The minimum atomic E-state index is -0.131. The maximum Gasteiger partial charge on any atom is 0.201 e. The van der Waals surface area contributed by atoms with Gasteiger partial charge in [0.25, 0.3) is 0 Å². The molecule has 0 bridgehead atoms. The highest BCUT2D eigenvalue weighted by Gasteiger charge is 2.28. The molecule has 0 unspecified atom stereocenters. The predicted molar refractivity (Wildman–Crippen MR) is 109 cm³/mol. The Morgan fingerprint density at radius 1 is 1.11 bits per heavy atom. The van der Waals surface area contributed by atoms with Gasteiger partial charge in [0.15, 0.2) is 6.29 Å². The van der Waals surface area contributed by atoms with E-state index >= 15 is 0 Å². The van der Waals surface area contributed by atoms with E-state index in [4.69, 9.17) is 26.8 Å². The predicted octanol–water partition coefficient (Wildman–Crippen LogP) is 4.22. The zero-order valence-electron chi connectivity index (χ0n) is 16.2. The number of aromatic nitrogens is 2.